The number of oxazole rings is 1. The molecule has 1 aliphatic rings. The third-order valence-corrected chi connectivity index (χ3v) is 4.67. The van der Waals surface area contributed by atoms with Gasteiger partial charge in [-0.15, -0.1) is 0 Å². The Hall–Kier alpha value is -3.28. The summed E-state index contributed by atoms with van der Waals surface area (Å²) in [5, 5.41) is 0. The summed E-state index contributed by atoms with van der Waals surface area (Å²) in [5.74, 6) is -0.0965. The standard InChI is InChI=1S/C21H20N2O4/c1-23(2)15-11-9-13(10-12-15)16-17-21(26-18(16)20(24)25-3)27-19(22-17)14-7-5-4-6-8-14/h4-12,16,18H,1-3H3. The molecule has 0 N–H and O–H groups in total. The minimum absolute atomic E-state index is 0.269. The van der Waals surface area contributed by atoms with Crippen molar-refractivity contribution in [2.75, 3.05) is 26.1 Å². The molecule has 2 unspecified atom stereocenters. The molecule has 2 aromatic carbocycles. The van der Waals surface area contributed by atoms with Crippen molar-refractivity contribution in [1.82, 2.24) is 4.98 Å². The fourth-order valence-corrected chi connectivity index (χ4v) is 3.24. The van der Waals surface area contributed by atoms with Crippen molar-refractivity contribution in [3.63, 3.8) is 0 Å². The minimum Gasteiger partial charge on any atom is -0.466 e. The highest BCUT2D eigenvalue weighted by molar-refractivity contribution is 5.79. The highest BCUT2D eigenvalue weighted by Gasteiger charge is 2.45. The first kappa shape index (κ1) is 17.1. The number of esters is 1. The van der Waals surface area contributed by atoms with E-state index in [-0.39, 0.29) is 11.9 Å². The second kappa shape index (κ2) is 6.79. The van der Waals surface area contributed by atoms with E-state index < -0.39 is 12.1 Å². The summed E-state index contributed by atoms with van der Waals surface area (Å²) in [7, 11) is 5.31. The number of fused-ring (bicyclic) bond motifs is 1. The van der Waals surface area contributed by atoms with Crippen LogP contribution in [0, 0.1) is 0 Å². The van der Waals surface area contributed by atoms with E-state index in [1.54, 1.807) is 0 Å². The molecule has 0 fully saturated rings. The average Bonchev–Trinajstić information content (AvgIpc) is 3.26. The van der Waals surface area contributed by atoms with Crippen LogP contribution in [0.1, 0.15) is 17.2 Å². The number of rotatable bonds is 4. The number of ether oxygens (including phenoxy) is 2. The van der Waals surface area contributed by atoms with Crippen molar-refractivity contribution in [2.24, 2.45) is 0 Å². The zero-order valence-corrected chi connectivity index (χ0v) is 15.4. The molecule has 6 nitrogen and oxygen atoms in total. The van der Waals surface area contributed by atoms with Crippen molar-refractivity contribution in [3.05, 3.63) is 65.9 Å². The maximum atomic E-state index is 12.3. The Morgan fingerprint density at radius 2 is 1.78 bits per heavy atom. The fourth-order valence-electron chi connectivity index (χ4n) is 3.24. The van der Waals surface area contributed by atoms with Gasteiger partial charge in [0.15, 0.2) is 0 Å². The van der Waals surface area contributed by atoms with E-state index >= 15 is 0 Å². The Labute approximate surface area is 157 Å². The molecule has 4 rings (SSSR count). The number of aromatic nitrogens is 1. The second-order valence-corrected chi connectivity index (χ2v) is 6.58. The van der Waals surface area contributed by atoms with Crippen LogP contribution in [-0.4, -0.2) is 38.3 Å². The molecule has 2 atom stereocenters. The van der Waals surface area contributed by atoms with Crippen LogP contribution in [-0.2, 0) is 9.53 Å². The van der Waals surface area contributed by atoms with E-state index in [1.165, 1.54) is 7.11 Å². The van der Waals surface area contributed by atoms with E-state index in [9.17, 15) is 4.79 Å². The third-order valence-electron chi connectivity index (χ3n) is 4.67. The van der Waals surface area contributed by atoms with Gasteiger partial charge >= 0.3 is 11.9 Å². The first-order valence-corrected chi connectivity index (χ1v) is 8.66. The molecule has 3 aromatic rings. The molecule has 0 saturated carbocycles. The Kier molecular flexibility index (Phi) is 4.32. The number of anilines is 1. The minimum atomic E-state index is -0.814. The van der Waals surface area contributed by atoms with E-state index in [0.29, 0.717) is 11.6 Å². The number of carbonyl (C=O) groups is 1. The monoisotopic (exact) mass is 364 g/mol. The number of methoxy groups -OCH3 is 1. The number of benzene rings is 2. The molecule has 2 heterocycles. The molecule has 0 radical (unpaired) electrons. The predicted molar refractivity (Wildman–Crippen MR) is 101 cm³/mol. The summed E-state index contributed by atoms with van der Waals surface area (Å²) >= 11 is 0. The summed E-state index contributed by atoms with van der Waals surface area (Å²) in [4.78, 5) is 18.9. The van der Waals surface area contributed by atoms with Crippen molar-refractivity contribution < 1.29 is 18.7 Å². The maximum absolute atomic E-state index is 12.3. The van der Waals surface area contributed by atoms with Gasteiger partial charge < -0.3 is 18.8 Å². The Morgan fingerprint density at radius 3 is 2.41 bits per heavy atom. The molecule has 138 valence electrons. The number of carbonyl (C=O) groups excluding carboxylic acids is 1. The summed E-state index contributed by atoms with van der Waals surface area (Å²) in [6.07, 6.45) is -0.814. The SMILES string of the molecule is COC(=O)C1Oc2oc(-c3ccccc3)nc2C1c1ccc(N(C)C)cc1. The van der Waals surface area contributed by atoms with Gasteiger partial charge in [-0.3, -0.25) is 0 Å². The van der Waals surface area contributed by atoms with Gasteiger partial charge in [0.1, 0.15) is 5.69 Å². The summed E-state index contributed by atoms with van der Waals surface area (Å²) < 4.78 is 16.5. The highest BCUT2D eigenvalue weighted by atomic mass is 16.6. The van der Waals surface area contributed by atoms with Crippen LogP contribution in [0.3, 0.4) is 0 Å². The summed E-state index contributed by atoms with van der Waals surface area (Å²) in [6.45, 7) is 0. The lowest BCUT2D eigenvalue weighted by Crippen LogP contribution is -2.31. The molecular formula is C21H20N2O4. The largest absolute Gasteiger partial charge is 0.466 e. The van der Waals surface area contributed by atoms with E-state index in [0.717, 1.165) is 16.8 Å². The molecule has 1 aliphatic heterocycles. The first-order valence-electron chi connectivity index (χ1n) is 8.66. The van der Waals surface area contributed by atoms with Gasteiger partial charge in [-0.25, -0.2) is 9.78 Å². The Bertz CT molecular complexity index is 948. The topological polar surface area (TPSA) is 64.8 Å². The number of hydrogen-bond acceptors (Lipinski definition) is 6. The van der Waals surface area contributed by atoms with Crippen molar-refractivity contribution in [2.45, 2.75) is 12.0 Å². The van der Waals surface area contributed by atoms with Crippen molar-refractivity contribution in [1.29, 1.82) is 0 Å². The van der Waals surface area contributed by atoms with Crippen LogP contribution >= 0.6 is 0 Å². The zero-order chi connectivity index (χ0) is 19.0. The molecule has 0 saturated heterocycles. The average molecular weight is 364 g/mol. The molecule has 0 bridgehead atoms. The van der Waals surface area contributed by atoms with Gasteiger partial charge in [0, 0.05) is 25.3 Å². The quantitative estimate of drug-likeness (QED) is 0.661. The van der Waals surface area contributed by atoms with Crippen molar-refractivity contribution >= 4 is 11.7 Å². The molecule has 0 amide bonds. The molecule has 27 heavy (non-hydrogen) atoms. The van der Waals surface area contributed by atoms with Crippen LogP contribution in [0.2, 0.25) is 0 Å². The summed E-state index contributed by atoms with van der Waals surface area (Å²) in [5.41, 5.74) is 3.45. The van der Waals surface area contributed by atoms with Gasteiger partial charge in [0.2, 0.25) is 12.0 Å². The maximum Gasteiger partial charge on any atom is 0.348 e. The zero-order valence-electron chi connectivity index (χ0n) is 15.4. The van der Waals surface area contributed by atoms with Crippen LogP contribution in [0.4, 0.5) is 5.69 Å². The highest BCUT2D eigenvalue weighted by Crippen LogP contribution is 2.44. The lowest BCUT2D eigenvalue weighted by molar-refractivity contribution is -0.149. The van der Waals surface area contributed by atoms with Gasteiger partial charge in [-0.2, -0.15) is 0 Å². The number of nitrogens with zero attached hydrogens (tertiary/aromatic N) is 2. The fraction of sp³-hybridized carbons (Fsp3) is 0.238. The van der Waals surface area contributed by atoms with Crippen LogP contribution < -0.4 is 9.64 Å². The van der Waals surface area contributed by atoms with Crippen LogP contribution in [0.15, 0.2) is 59.0 Å². The first-order chi connectivity index (χ1) is 13.1. The second-order valence-electron chi connectivity index (χ2n) is 6.58. The Balaban J connectivity index is 1.75. The van der Waals surface area contributed by atoms with Gasteiger partial charge in [-0.05, 0) is 29.8 Å². The van der Waals surface area contributed by atoms with E-state index in [4.69, 9.17) is 13.9 Å². The molecule has 1 aromatic heterocycles. The third kappa shape index (κ3) is 3.03. The van der Waals surface area contributed by atoms with Gasteiger partial charge in [-0.1, -0.05) is 30.3 Å². The lowest BCUT2D eigenvalue weighted by Gasteiger charge is -2.18. The van der Waals surface area contributed by atoms with Gasteiger partial charge in [0.25, 0.3) is 0 Å². The molecule has 6 heteroatoms. The van der Waals surface area contributed by atoms with Crippen molar-refractivity contribution in [3.8, 4) is 17.4 Å². The van der Waals surface area contributed by atoms with Crippen LogP contribution in [0.5, 0.6) is 5.95 Å². The smallest absolute Gasteiger partial charge is 0.348 e. The molecular weight excluding hydrogens is 344 g/mol. The Morgan fingerprint density at radius 1 is 1.07 bits per heavy atom. The van der Waals surface area contributed by atoms with E-state index in [1.807, 2.05) is 73.6 Å². The normalized spacial score (nSPS) is 17.9. The molecule has 0 aliphatic carbocycles. The van der Waals surface area contributed by atoms with Gasteiger partial charge in [0.05, 0.1) is 13.0 Å². The lowest BCUT2D eigenvalue weighted by atomic mass is 9.92. The van der Waals surface area contributed by atoms with Crippen LogP contribution in [0.25, 0.3) is 11.5 Å². The molecule has 0 spiro atoms. The number of hydrogen-bond donors (Lipinski definition) is 0. The van der Waals surface area contributed by atoms with E-state index in [2.05, 4.69) is 4.98 Å². The predicted octanol–water partition coefficient (Wildman–Crippen LogP) is 3.47. The summed E-state index contributed by atoms with van der Waals surface area (Å²) in [6, 6.07) is 17.6.